The predicted molar refractivity (Wildman–Crippen MR) is 59.2 cm³/mol. The highest BCUT2D eigenvalue weighted by Crippen LogP contribution is 2.26. The van der Waals surface area contributed by atoms with Crippen molar-refractivity contribution < 1.29 is 8.42 Å². The molecule has 0 aromatic rings. The Hall–Kier alpha value is -0.0900. The Morgan fingerprint density at radius 2 is 1.57 bits per heavy atom. The van der Waals surface area contributed by atoms with E-state index in [0.29, 0.717) is 0 Å². The van der Waals surface area contributed by atoms with Crippen molar-refractivity contribution in [3.63, 3.8) is 0 Å². The van der Waals surface area contributed by atoms with Crippen LogP contribution in [-0.2, 0) is 9.84 Å². The lowest BCUT2D eigenvalue weighted by Gasteiger charge is -2.33. The second-order valence-electron chi connectivity index (χ2n) is 5.16. The molecule has 1 saturated heterocycles. The van der Waals surface area contributed by atoms with Crippen molar-refractivity contribution >= 4 is 9.84 Å². The number of sulfone groups is 1. The molecule has 0 atom stereocenters. The van der Waals surface area contributed by atoms with Gasteiger partial charge in [0.15, 0.2) is 9.84 Å². The van der Waals surface area contributed by atoms with Crippen LogP contribution >= 0.6 is 0 Å². The molecule has 1 rings (SSSR count). The highest BCUT2D eigenvalue weighted by Gasteiger charge is 2.37. The molecule has 0 saturated carbocycles. The Labute approximate surface area is 87.4 Å². The van der Waals surface area contributed by atoms with Crippen molar-refractivity contribution in [2.45, 2.75) is 43.6 Å². The molecule has 0 radical (unpaired) electrons. The summed E-state index contributed by atoms with van der Waals surface area (Å²) in [5.41, 5.74) is 0. The highest BCUT2D eigenvalue weighted by molar-refractivity contribution is 7.93. The fraction of sp³-hybridized carbons (Fsp3) is 1.00. The first-order valence-corrected chi connectivity index (χ1v) is 6.72. The monoisotopic (exact) mass is 219 g/mol. The average molecular weight is 219 g/mol. The maximum atomic E-state index is 12.1. The van der Waals surface area contributed by atoms with Crippen molar-refractivity contribution in [1.29, 1.82) is 0 Å². The minimum Gasteiger partial charge on any atom is -0.306 e. The molecule has 1 heterocycles. The molecule has 1 aliphatic rings. The Balaban J connectivity index is 2.76. The molecule has 0 spiro atoms. The maximum absolute atomic E-state index is 12.1. The van der Waals surface area contributed by atoms with Crippen LogP contribution in [0.15, 0.2) is 0 Å². The van der Waals surface area contributed by atoms with Gasteiger partial charge in [-0.25, -0.2) is 8.42 Å². The molecule has 1 aliphatic heterocycles. The van der Waals surface area contributed by atoms with Crippen LogP contribution in [-0.4, -0.2) is 43.5 Å². The van der Waals surface area contributed by atoms with Gasteiger partial charge in [-0.15, -0.1) is 0 Å². The minimum atomic E-state index is -2.95. The van der Waals surface area contributed by atoms with E-state index in [1.165, 1.54) is 0 Å². The summed E-state index contributed by atoms with van der Waals surface area (Å²) in [6, 6.07) is 0. The zero-order chi connectivity index (χ0) is 11.0. The van der Waals surface area contributed by atoms with E-state index in [-0.39, 0.29) is 5.25 Å². The second kappa shape index (κ2) is 3.81. The van der Waals surface area contributed by atoms with E-state index in [1.807, 2.05) is 7.05 Å². The van der Waals surface area contributed by atoms with Crippen LogP contribution < -0.4 is 0 Å². The first-order chi connectivity index (χ1) is 6.25. The van der Waals surface area contributed by atoms with Crippen LogP contribution in [0.25, 0.3) is 0 Å². The van der Waals surface area contributed by atoms with E-state index < -0.39 is 14.6 Å². The first-order valence-electron chi connectivity index (χ1n) is 5.17. The molecule has 3 nitrogen and oxygen atoms in total. The van der Waals surface area contributed by atoms with E-state index in [2.05, 4.69) is 4.90 Å². The van der Waals surface area contributed by atoms with Crippen LogP contribution in [0.1, 0.15) is 33.6 Å². The number of piperidine rings is 1. The Bertz CT molecular complexity index is 282. The van der Waals surface area contributed by atoms with E-state index in [0.717, 1.165) is 25.9 Å². The van der Waals surface area contributed by atoms with Gasteiger partial charge in [0.25, 0.3) is 0 Å². The van der Waals surface area contributed by atoms with Gasteiger partial charge in [-0.05, 0) is 53.8 Å². The summed E-state index contributed by atoms with van der Waals surface area (Å²) in [6.45, 7) is 7.18. The maximum Gasteiger partial charge on any atom is 0.158 e. The molecule has 0 bridgehead atoms. The normalized spacial score (nSPS) is 22.6. The summed E-state index contributed by atoms with van der Waals surface area (Å²) in [6.07, 6.45) is 1.58. The fourth-order valence-corrected chi connectivity index (χ4v) is 3.63. The third-order valence-corrected chi connectivity index (χ3v) is 6.01. The average Bonchev–Trinajstić information content (AvgIpc) is 2.03. The van der Waals surface area contributed by atoms with Crippen LogP contribution in [0, 0.1) is 0 Å². The summed E-state index contributed by atoms with van der Waals surface area (Å²) < 4.78 is 23.6. The third-order valence-electron chi connectivity index (χ3n) is 2.96. The van der Waals surface area contributed by atoms with Crippen molar-refractivity contribution in [1.82, 2.24) is 4.90 Å². The fourth-order valence-electron chi connectivity index (χ4n) is 1.80. The lowest BCUT2D eigenvalue weighted by Crippen LogP contribution is -2.43. The molecule has 84 valence electrons. The molecule has 0 unspecified atom stereocenters. The second-order valence-corrected chi connectivity index (χ2v) is 8.14. The first kappa shape index (κ1) is 12.0. The molecular formula is C10H21NO2S. The Kier molecular flexibility index (Phi) is 3.26. The molecule has 0 N–H and O–H groups in total. The van der Waals surface area contributed by atoms with Gasteiger partial charge in [0.2, 0.25) is 0 Å². The highest BCUT2D eigenvalue weighted by atomic mass is 32.2. The van der Waals surface area contributed by atoms with Crippen molar-refractivity contribution in [2.24, 2.45) is 0 Å². The molecule has 14 heavy (non-hydrogen) atoms. The SMILES string of the molecule is CN1CCC(S(=O)(=O)C(C)(C)C)CC1. The summed E-state index contributed by atoms with van der Waals surface area (Å²) in [5.74, 6) is 0. The van der Waals surface area contributed by atoms with Crippen molar-refractivity contribution in [3.05, 3.63) is 0 Å². The van der Waals surface area contributed by atoms with Gasteiger partial charge in [0.05, 0.1) is 10.00 Å². The third kappa shape index (κ3) is 2.28. The minimum absolute atomic E-state index is 0.126. The van der Waals surface area contributed by atoms with Crippen LogP contribution in [0.2, 0.25) is 0 Å². The van der Waals surface area contributed by atoms with Gasteiger partial charge in [0, 0.05) is 0 Å². The van der Waals surface area contributed by atoms with Crippen molar-refractivity contribution in [3.8, 4) is 0 Å². The quantitative estimate of drug-likeness (QED) is 0.667. The lowest BCUT2D eigenvalue weighted by molar-refractivity contribution is 0.276. The summed E-state index contributed by atoms with van der Waals surface area (Å²) in [7, 11) is -0.908. The van der Waals surface area contributed by atoms with Gasteiger partial charge in [-0.1, -0.05) is 0 Å². The number of hydrogen-bond acceptors (Lipinski definition) is 3. The molecule has 0 aliphatic carbocycles. The van der Waals surface area contributed by atoms with Crippen LogP contribution in [0.4, 0.5) is 0 Å². The number of likely N-dealkylation sites (tertiary alicyclic amines) is 1. The molecule has 0 amide bonds. The van der Waals surface area contributed by atoms with E-state index >= 15 is 0 Å². The zero-order valence-corrected chi connectivity index (χ0v) is 10.4. The van der Waals surface area contributed by atoms with Crippen LogP contribution in [0.3, 0.4) is 0 Å². The standard InChI is InChI=1S/C10H21NO2S/c1-10(2,3)14(12,13)9-5-7-11(4)8-6-9/h9H,5-8H2,1-4H3. The van der Waals surface area contributed by atoms with Gasteiger partial charge in [-0.2, -0.15) is 0 Å². The van der Waals surface area contributed by atoms with E-state index in [4.69, 9.17) is 0 Å². The summed E-state index contributed by atoms with van der Waals surface area (Å²) in [5, 5.41) is -0.126. The number of nitrogens with zero attached hydrogens (tertiary/aromatic N) is 1. The summed E-state index contributed by atoms with van der Waals surface area (Å²) in [4.78, 5) is 2.19. The zero-order valence-electron chi connectivity index (χ0n) is 9.58. The number of rotatable bonds is 1. The lowest BCUT2D eigenvalue weighted by atomic mass is 10.1. The van der Waals surface area contributed by atoms with E-state index in [1.54, 1.807) is 20.8 Å². The molecule has 0 aromatic carbocycles. The molecule has 4 heteroatoms. The molecule has 0 aromatic heterocycles. The predicted octanol–water partition coefficient (Wildman–Crippen LogP) is 1.29. The molecular weight excluding hydrogens is 198 g/mol. The summed E-state index contributed by atoms with van der Waals surface area (Å²) >= 11 is 0. The Morgan fingerprint density at radius 3 is 1.93 bits per heavy atom. The van der Waals surface area contributed by atoms with Gasteiger partial charge in [-0.3, -0.25) is 0 Å². The largest absolute Gasteiger partial charge is 0.306 e. The smallest absolute Gasteiger partial charge is 0.158 e. The van der Waals surface area contributed by atoms with Gasteiger partial charge in [0.1, 0.15) is 0 Å². The van der Waals surface area contributed by atoms with E-state index in [9.17, 15) is 8.42 Å². The number of hydrogen-bond donors (Lipinski definition) is 0. The van der Waals surface area contributed by atoms with Crippen LogP contribution in [0.5, 0.6) is 0 Å². The van der Waals surface area contributed by atoms with Gasteiger partial charge >= 0.3 is 0 Å². The van der Waals surface area contributed by atoms with Crippen molar-refractivity contribution in [2.75, 3.05) is 20.1 Å². The molecule has 1 fully saturated rings. The van der Waals surface area contributed by atoms with Gasteiger partial charge < -0.3 is 4.90 Å². The topological polar surface area (TPSA) is 37.4 Å². The Morgan fingerprint density at radius 1 is 1.14 bits per heavy atom.